The molecule has 1 aliphatic heterocycles. The maximum atomic E-state index is 11.0. The standard InChI is InChI=1S/C8H16N2O3S/c1-6-3-10(7(2)11)4-8(6)5-14(9,12)13/h6,8H,3-5H2,1-2H3,(H2,9,12,13). The molecule has 0 aromatic heterocycles. The average Bonchev–Trinajstić information content (AvgIpc) is 2.29. The van der Waals surface area contributed by atoms with E-state index in [1.807, 2.05) is 6.92 Å². The van der Waals surface area contributed by atoms with Crippen molar-refractivity contribution in [3.63, 3.8) is 0 Å². The Balaban J connectivity index is 2.62. The largest absolute Gasteiger partial charge is 0.342 e. The number of hydrogen-bond donors (Lipinski definition) is 1. The normalized spacial score (nSPS) is 28.1. The third kappa shape index (κ3) is 2.95. The molecule has 5 nitrogen and oxygen atoms in total. The third-order valence-electron chi connectivity index (χ3n) is 2.66. The smallest absolute Gasteiger partial charge is 0.219 e. The number of carbonyl (C=O) groups excluding carboxylic acids is 1. The first-order valence-electron chi connectivity index (χ1n) is 4.55. The molecule has 0 aromatic rings. The van der Waals surface area contributed by atoms with Crippen LogP contribution in [0.4, 0.5) is 0 Å². The summed E-state index contributed by atoms with van der Waals surface area (Å²) in [7, 11) is -3.43. The lowest BCUT2D eigenvalue weighted by atomic mass is 10.0. The molecular weight excluding hydrogens is 204 g/mol. The zero-order valence-electron chi connectivity index (χ0n) is 8.43. The van der Waals surface area contributed by atoms with E-state index in [2.05, 4.69) is 0 Å². The Kier molecular flexibility index (Phi) is 3.16. The Bertz CT molecular complexity index is 325. The fourth-order valence-electron chi connectivity index (χ4n) is 1.81. The van der Waals surface area contributed by atoms with Crippen LogP contribution in [-0.4, -0.2) is 38.1 Å². The van der Waals surface area contributed by atoms with Gasteiger partial charge in [-0.15, -0.1) is 0 Å². The first-order valence-corrected chi connectivity index (χ1v) is 6.27. The van der Waals surface area contributed by atoms with Crippen LogP contribution in [0.25, 0.3) is 0 Å². The average molecular weight is 220 g/mol. The van der Waals surface area contributed by atoms with Crippen LogP contribution in [-0.2, 0) is 14.8 Å². The van der Waals surface area contributed by atoms with E-state index in [1.165, 1.54) is 6.92 Å². The minimum Gasteiger partial charge on any atom is -0.342 e. The fourth-order valence-corrected chi connectivity index (χ4v) is 2.84. The first kappa shape index (κ1) is 11.5. The van der Waals surface area contributed by atoms with Gasteiger partial charge in [-0.25, -0.2) is 13.6 Å². The molecule has 0 aliphatic carbocycles. The van der Waals surface area contributed by atoms with Crippen molar-refractivity contribution in [3.8, 4) is 0 Å². The molecule has 1 aliphatic rings. The van der Waals surface area contributed by atoms with Gasteiger partial charge in [0.05, 0.1) is 5.75 Å². The van der Waals surface area contributed by atoms with Crippen LogP contribution in [0.1, 0.15) is 13.8 Å². The summed E-state index contributed by atoms with van der Waals surface area (Å²) >= 11 is 0. The number of nitrogens with zero attached hydrogens (tertiary/aromatic N) is 1. The van der Waals surface area contributed by atoms with E-state index in [9.17, 15) is 13.2 Å². The van der Waals surface area contributed by atoms with E-state index >= 15 is 0 Å². The molecule has 0 saturated carbocycles. The van der Waals surface area contributed by atoms with Gasteiger partial charge in [0.15, 0.2) is 0 Å². The summed E-state index contributed by atoms with van der Waals surface area (Å²) in [6.45, 7) is 4.58. The van der Waals surface area contributed by atoms with Crippen LogP contribution in [0.3, 0.4) is 0 Å². The quantitative estimate of drug-likeness (QED) is 0.674. The minimum atomic E-state index is -3.43. The lowest BCUT2D eigenvalue weighted by molar-refractivity contribution is -0.128. The Morgan fingerprint density at radius 1 is 1.50 bits per heavy atom. The molecule has 82 valence electrons. The zero-order chi connectivity index (χ0) is 10.9. The molecule has 0 aromatic carbocycles. The van der Waals surface area contributed by atoms with E-state index in [0.717, 1.165) is 0 Å². The molecule has 2 atom stereocenters. The second-order valence-corrected chi connectivity index (χ2v) is 5.65. The van der Waals surface area contributed by atoms with Gasteiger partial charge in [-0.05, 0) is 11.8 Å². The summed E-state index contributed by atoms with van der Waals surface area (Å²) < 4.78 is 21.8. The maximum Gasteiger partial charge on any atom is 0.219 e. The summed E-state index contributed by atoms with van der Waals surface area (Å²) in [6, 6.07) is 0. The van der Waals surface area contributed by atoms with E-state index in [0.29, 0.717) is 13.1 Å². The molecule has 0 spiro atoms. The van der Waals surface area contributed by atoms with E-state index < -0.39 is 10.0 Å². The maximum absolute atomic E-state index is 11.0. The number of rotatable bonds is 2. The highest BCUT2D eigenvalue weighted by Gasteiger charge is 2.33. The third-order valence-corrected chi connectivity index (χ3v) is 3.55. The summed E-state index contributed by atoms with van der Waals surface area (Å²) in [5, 5.41) is 4.97. The predicted molar refractivity (Wildman–Crippen MR) is 52.9 cm³/mol. The van der Waals surface area contributed by atoms with Gasteiger partial charge in [-0.2, -0.15) is 0 Å². The molecule has 1 rings (SSSR count). The van der Waals surface area contributed by atoms with Crippen molar-refractivity contribution in [2.45, 2.75) is 13.8 Å². The topological polar surface area (TPSA) is 80.5 Å². The molecule has 1 amide bonds. The van der Waals surface area contributed by atoms with Crippen molar-refractivity contribution < 1.29 is 13.2 Å². The number of amides is 1. The van der Waals surface area contributed by atoms with E-state index in [-0.39, 0.29) is 23.5 Å². The Morgan fingerprint density at radius 3 is 2.43 bits per heavy atom. The van der Waals surface area contributed by atoms with Gasteiger partial charge in [0.1, 0.15) is 0 Å². The van der Waals surface area contributed by atoms with Crippen LogP contribution in [0, 0.1) is 11.8 Å². The number of carbonyl (C=O) groups is 1. The van der Waals surface area contributed by atoms with E-state index in [4.69, 9.17) is 5.14 Å². The highest BCUT2D eigenvalue weighted by Crippen LogP contribution is 2.23. The molecular formula is C8H16N2O3S. The van der Waals surface area contributed by atoms with Gasteiger partial charge in [0.2, 0.25) is 15.9 Å². The van der Waals surface area contributed by atoms with Crippen molar-refractivity contribution >= 4 is 15.9 Å². The monoisotopic (exact) mass is 220 g/mol. The molecule has 1 heterocycles. The Labute approximate surface area is 84.3 Å². The lowest BCUT2D eigenvalue weighted by Gasteiger charge is -2.13. The molecule has 2 unspecified atom stereocenters. The van der Waals surface area contributed by atoms with Gasteiger partial charge >= 0.3 is 0 Å². The van der Waals surface area contributed by atoms with Gasteiger partial charge in [0.25, 0.3) is 0 Å². The van der Waals surface area contributed by atoms with Gasteiger partial charge in [0, 0.05) is 20.0 Å². The van der Waals surface area contributed by atoms with E-state index in [1.54, 1.807) is 4.90 Å². The molecule has 6 heteroatoms. The van der Waals surface area contributed by atoms with Gasteiger partial charge < -0.3 is 4.90 Å². The molecule has 2 N–H and O–H groups in total. The molecule has 14 heavy (non-hydrogen) atoms. The van der Waals surface area contributed by atoms with Gasteiger partial charge in [-0.1, -0.05) is 6.92 Å². The summed E-state index contributed by atoms with van der Waals surface area (Å²) in [4.78, 5) is 12.7. The lowest BCUT2D eigenvalue weighted by Crippen LogP contribution is -2.29. The SMILES string of the molecule is CC(=O)N1CC(C)C(CS(N)(=O)=O)C1. The number of hydrogen-bond acceptors (Lipinski definition) is 3. The second kappa shape index (κ2) is 3.86. The number of sulfonamides is 1. The fraction of sp³-hybridized carbons (Fsp3) is 0.875. The van der Waals surface area contributed by atoms with Crippen molar-refractivity contribution in [1.82, 2.24) is 4.90 Å². The number of nitrogens with two attached hydrogens (primary N) is 1. The van der Waals surface area contributed by atoms with Crippen LogP contribution >= 0.6 is 0 Å². The number of likely N-dealkylation sites (tertiary alicyclic amines) is 1. The van der Waals surface area contributed by atoms with Crippen molar-refractivity contribution in [1.29, 1.82) is 0 Å². The van der Waals surface area contributed by atoms with Crippen molar-refractivity contribution in [3.05, 3.63) is 0 Å². The molecule has 1 fully saturated rings. The highest BCUT2D eigenvalue weighted by molar-refractivity contribution is 7.89. The summed E-state index contributed by atoms with van der Waals surface area (Å²) in [5.41, 5.74) is 0. The highest BCUT2D eigenvalue weighted by atomic mass is 32.2. The van der Waals surface area contributed by atoms with Gasteiger partial charge in [-0.3, -0.25) is 4.79 Å². The summed E-state index contributed by atoms with van der Waals surface area (Å²) in [5.74, 6) is 0.151. The predicted octanol–water partition coefficient (Wildman–Crippen LogP) is -0.611. The van der Waals surface area contributed by atoms with Crippen LogP contribution in [0.5, 0.6) is 0 Å². The van der Waals surface area contributed by atoms with Crippen LogP contribution in [0.15, 0.2) is 0 Å². The Morgan fingerprint density at radius 2 is 2.07 bits per heavy atom. The minimum absolute atomic E-state index is 0.00577. The Hall–Kier alpha value is -0.620. The number of primary sulfonamides is 1. The molecule has 0 bridgehead atoms. The first-order chi connectivity index (χ1) is 6.29. The van der Waals surface area contributed by atoms with Crippen LogP contribution < -0.4 is 5.14 Å². The molecule has 0 radical (unpaired) electrons. The summed E-state index contributed by atoms with van der Waals surface area (Å²) in [6.07, 6.45) is 0. The van der Waals surface area contributed by atoms with Crippen LogP contribution in [0.2, 0.25) is 0 Å². The molecule has 1 saturated heterocycles. The van der Waals surface area contributed by atoms with Crippen molar-refractivity contribution in [2.24, 2.45) is 17.0 Å². The second-order valence-electron chi connectivity index (χ2n) is 3.99. The van der Waals surface area contributed by atoms with Crippen molar-refractivity contribution in [2.75, 3.05) is 18.8 Å². The zero-order valence-corrected chi connectivity index (χ0v) is 9.25.